The normalized spacial score (nSPS) is 16.8. The Morgan fingerprint density at radius 2 is 2.15 bits per heavy atom. The highest BCUT2D eigenvalue weighted by atomic mass is 79.9. The largest absolute Gasteiger partial charge is 0.480 e. The number of thioether (sulfide) groups is 1. The summed E-state index contributed by atoms with van der Waals surface area (Å²) in [4.78, 5) is 44.3. The van der Waals surface area contributed by atoms with E-state index in [-0.39, 0.29) is 23.4 Å². The van der Waals surface area contributed by atoms with Gasteiger partial charge in [-0.05, 0) is 53.6 Å². The molecular weight excluding hydrogens is 506 g/mol. The standard InChI is InChI=1S/C24H24BrN3O4S/c1-13(29)33-12-20(19-4-2-14-8-16(25)3-5-17(14)19)23(30)28-21(24(31)32)9-15-10-27-22-11-26-7-6-18(15)22/h3,5-8,10-11,19-21,27H,2,4,9,12H2,1H3,(H,28,30)(H,31,32). The van der Waals surface area contributed by atoms with Crippen LogP contribution in [0.1, 0.15) is 36.0 Å². The van der Waals surface area contributed by atoms with Crippen LogP contribution in [0, 0.1) is 5.92 Å². The molecule has 0 radical (unpaired) electrons. The van der Waals surface area contributed by atoms with Crippen molar-refractivity contribution in [2.45, 2.75) is 38.1 Å². The zero-order chi connectivity index (χ0) is 23.5. The zero-order valence-corrected chi connectivity index (χ0v) is 20.4. The lowest BCUT2D eigenvalue weighted by Gasteiger charge is -2.25. The summed E-state index contributed by atoms with van der Waals surface area (Å²) in [5.74, 6) is -1.69. The molecule has 0 aliphatic heterocycles. The number of carbonyl (C=O) groups is 3. The molecular formula is C24H24BrN3O4S. The minimum absolute atomic E-state index is 0.0615. The average Bonchev–Trinajstić information content (AvgIpc) is 3.37. The number of nitrogens with zero attached hydrogens (tertiary/aromatic N) is 1. The summed E-state index contributed by atoms with van der Waals surface area (Å²) in [6.45, 7) is 1.48. The van der Waals surface area contributed by atoms with Gasteiger partial charge < -0.3 is 15.4 Å². The van der Waals surface area contributed by atoms with Crippen LogP contribution in [0.4, 0.5) is 0 Å². The highest BCUT2D eigenvalue weighted by molar-refractivity contribution is 9.10. The Labute approximate surface area is 203 Å². The summed E-state index contributed by atoms with van der Waals surface area (Å²) in [5.41, 5.74) is 3.89. The topological polar surface area (TPSA) is 112 Å². The first-order chi connectivity index (χ1) is 15.8. The molecule has 7 nitrogen and oxygen atoms in total. The molecule has 3 aromatic rings. The molecule has 172 valence electrons. The molecule has 0 spiro atoms. The number of benzene rings is 1. The Morgan fingerprint density at radius 1 is 1.33 bits per heavy atom. The van der Waals surface area contributed by atoms with Crippen LogP contribution in [-0.2, 0) is 27.2 Å². The van der Waals surface area contributed by atoms with Crippen LogP contribution in [0.2, 0.25) is 0 Å². The Balaban J connectivity index is 1.56. The molecule has 33 heavy (non-hydrogen) atoms. The third kappa shape index (κ3) is 5.30. The maximum atomic E-state index is 13.4. The number of carboxylic acid groups (broad SMARTS) is 1. The predicted molar refractivity (Wildman–Crippen MR) is 131 cm³/mol. The summed E-state index contributed by atoms with van der Waals surface area (Å²) >= 11 is 4.60. The van der Waals surface area contributed by atoms with E-state index in [1.165, 1.54) is 12.5 Å². The van der Waals surface area contributed by atoms with Crippen molar-refractivity contribution < 1.29 is 19.5 Å². The summed E-state index contributed by atoms with van der Waals surface area (Å²) < 4.78 is 0.987. The number of hydrogen-bond acceptors (Lipinski definition) is 5. The van der Waals surface area contributed by atoms with Crippen molar-refractivity contribution in [1.82, 2.24) is 15.3 Å². The molecule has 1 aliphatic carbocycles. The van der Waals surface area contributed by atoms with E-state index in [1.807, 2.05) is 18.2 Å². The second kappa shape index (κ2) is 10.1. The van der Waals surface area contributed by atoms with Gasteiger partial charge in [-0.25, -0.2) is 4.79 Å². The molecule has 1 amide bonds. The van der Waals surface area contributed by atoms with E-state index in [4.69, 9.17) is 0 Å². The average molecular weight is 530 g/mol. The minimum Gasteiger partial charge on any atom is -0.480 e. The number of aryl methyl sites for hydroxylation is 1. The number of halogens is 1. The van der Waals surface area contributed by atoms with Gasteiger partial charge in [0.1, 0.15) is 6.04 Å². The van der Waals surface area contributed by atoms with Gasteiger partial charge in [0.15, 0.2) is 5.12 Å². The number of pyridine rings is 1. The van der Waals surface area contributed by atoms with Crippen LogP contribution in [0.15, 0.2) is 47.3 Å². The van der Waals surface area contributed by atoms with Crippen molar-refractivity contribution in [2.75, 3.05) is 5.75 Å². The van der Waals surface area contributed by atoms with E-state index in [0.29, 0.717) is 5.75 Å². The molecule has 3 atom stereocenters. The second-order valence-electron chi connectivity index (χ2n) is 8.24. The molecule has 1 aliphatic rings. The molecule has 0 saturated heterocycles. The third-order valence-electron chi connectivity index (χ3n) is 6.13. The van der Waals surface area contributed by atoms with Gasteiger partial charge in [-0.3, -0.25) is 14.6 Å². The van der Waals surface area contributed by atoms with Gasteiger partial charge in [-0.15, -0.1) is 0 Å². The first kappa shape index (κ1) is 23.5. The lowest BCUT2D eigenvalue weighted by Crippen LogP contribution is -2.46. The van der Waals surface area contributed by atoms with E-state index in [9.17, 15) is 19.5 Å². The van der Waals surface area contributed by atoms with Crippen LogP contribution in [-0.4, -0.2) is 43.9 Å². The van der Waals surface area contributed by atoms with E-state index in [0.717, 1.165) is 51.1 Å². The second-order valence-corrected chi connectivity index (χ2v) is 10.3. The van der Waals surface area contributed by atoms with Gasteiger partial charge in [0.25, 0.3) is 0 Å². The van der Waals surface area contributed by atoms with Crippen molar-refractivity contribution in [3.05, 3.63) is 64.0 Å². The molecule has 2 heterocycles. The lowest BCUT2D eigenvalue weighted by atomic mass is 9.87. The molecule has 1 aromatic carbocycles. The van der Waals surface area contributed by atoms with Gasteiger partial charge >= 0.3 is 5.97 Å². The summed E-state index contributed by atoms with van der Waals surface area (Å²) in [6.07, 6.45) is 6.86. The van der Waals surface area contributed by atoms with E-state index in [1.54, 1.807) is 18.6 Å². The van der Waals surface area contributed by atoms with Crippen LogP contribution in [0.25, 0.3) is 10.9 Å². The highest BCUT2D eigenvalue weighted by Gasteiger charge is 2.36. The predicted octanol–water partition coefficient (Wildman–Crippen LogP) is 4.06. The fraction of sp³-hybridized carbons (Fsp3) is 0.333. The first-order valence-electron chi connectivity index (χ1n) is 10.7. The number of carbonyl (C=O) groups excluding carboxylic acids is 2. The number of H-pyrrole nitrogens is 1. The van der Waals surface area contributed by atoms with Crippen molar-refractivity contribution in [3.63, 3.8) is 0 Å². The maximum absolute atomic E-state index is 13.4. The molecule has 3 N–H and O–H groups in total. The molecule has 2 aromatic heterocycles. The number of hydrogen-bond donors (Lipinski definition) is 3. The third-order valence-corrected chi connectivity index (χ3v) is 7.55. The van der Waals surface area contributed by atoms with Gasteiger partial charge in [-0.1, -0.05) is 33.8 Å². The van der Waals surface area contributed by atoms with E-state index < -0.39 is 17.9 Å². The van der Waals surface area contributed by atoms with Gasteiger partial charge in [-0.2, -0.15) is 0 Å². The molecule has 0 bridgehead atoms. The molecule has 3 unspecified atom stereocenters. The van der Waals surface area contributed by atoms with Crippen LogP contribution >= 0.6 is 27.7 Å². The lowest BCUT2D eigenvalue weighted by molar-refractivity contribution is -0.142. The summed E-state index contributed by atoms with van der Waals surface area (Å²) in [6, 6.07) is 6.77. The smallest absolute Gasteiger partial charge is 0.326 e. The van der Waals surface area contributed by atoms with Crippen molar-refractivity contribution in [3.8, 4) is 0 Å². The number of amides is 1. The number of nitrogens with one attached hydrogen (secondary N) is 2. The minimum atomic E-state index is -1.10. The monoisotopic (exact) mass is 529 g/mol. The zero-order valence-electron chi connectivity index (χ0n) is 18.0. The Morgan fingerprint density at radius 3 is 2.91 bits per heavy atom. The molecule has 0 saturated carbocycles. The van der Waals surface area contributed by atoms with Crippen molar-refractivity contribution in [1.29, 1.82) is 0 Å². The Kier molecular flexibility index (Phi) is 7.19. The molecule has 4 rings (SSSR count). The quantitative estimate of drug-likeness (QED) is 0.405. The number of carboxylic acids is 1. The number of rotatable bonds is 8. The van der Waals surface area contributed by atoms with Gasteiger partial charge in [0.05, 0.1) is 17.6 Å². The Hall–Kier alpha value is -2.65. The fourth-order valence-corrected chi connectivity index (χ4v) is 5.72. The van der Waals surface area contributed by atoms with Crippen LogP contribution in [0.3, 0.4) is 0 Å². The highest BCUT2D eigenvalue weighted by Crippen LogP contribution is 2.41. The molecule has 9 heteroatoms. The van der Waals surface area contributed by atoms with Crippen molar-refractivity contribution >= 4 is 55.6 Å². The van der Waals surface area contributed by atoms with E-state index >= 15 is 0 Å². The molecule has 0 fully saturated rings. The van der Waals surface area contributed by atoms with Crippen LogP contribution < -0.4 is 5.32 Å². The summed E-state index contributed by atoms with van der Waals surface area (Å²) in [5, 5.41) is 13.4. The van der Waals surface area contributed by atoms with Gasteiger partial charge in [0.2, 0.25) is 5.91 Å². The number of aliphatic carboxylic acids is 1. The van der Waals surface area contributed by atoms with Gasteiger partial charge in [0, 0.05) is 41.4 Å². The van der Waals surface area contributed by atoms with Crippen molar-refractivity contribution in [2.24, 2.45) is 5.92 Å². The SMILES string of the molecule is CC(=O)SCC(C(=O)NC(Cc1c[nH]c2cnccc12)C(=O)O)C1CCc2cc(Br)ccc21. The number of aromatic nitrogens is 2. The Bertz CT molecular complexity index is 1210. The number of aromatic amines is 1. The maximum Gasteiger partial charge on any atom is 0.326 e. The van der Waals surface area contributed by atoms with Crippen LogP contribution in [0.5, 0.6) is 0 Å². The first-order valence-corrected chi connectivity index (χ1v) is 12.5. The fourth-order valence-electron chi connectivity index (χ4n) is 4.52. The number of fused-ring (bicyclic) bond motifs is 2. The van der Waals surface area contributed by atoms with E-state index in [2.05, 4.69) is 37.3 Å². The summed E-state index contributed by atoms with van der Waals surface area (Å²) in [7, 11) is 0.